The van der Waals surface area contributed by atoms with Crippen LogP contribution in [0.5, 0.6) is 0 Å². The first-order chi connectivity index (χ1) is 9.36. The SMILES string of the molecule is NS(=O)(=O)c1ccc(F)c(NC(=O)NC2CCCC2)c1. The van der Waals surface area contributed by atoms with Crippen LogP contribution in [0.3, 0.4) is 0 Å². The molecule has 0 spiro atoms. The molecule has 1 aromatic rings. The zero-order valence-electron chi connectivity index (χ0n) is 10.7. The summed E-state index contributed by atoms with van der Waals surface area (Å²) in [4.78, 5) is 11.5. The minimum Gasteiger partial charge on any atom is -0.335 e. The number of carbonyl (C=O) groups excluding carboxylic acids is 1. The lowest BCUT2D eigenvalue weighted by Crippen LogP contribution is -2.36. The van der Waals surface area contributed by atoms with Crippen LogP contribution in [0.2, 0.25) is 0 Å². The van der Waals surface area contributed by atoms with E-state index in [2.05, 4.69) is 10.6 Å². The van der Waals surface area contributed by atoms with E-state index in [1.165, 1.54) is 0 Å². The first kappa shape index (κ1) is 14.7. The summed E-state index contributed by atoms with van der Waals surface area (Å²) < 4.78 is 35.9. The van der Waals surface area contributed by atoms with Gasteiger partial charge < -0.3 is 10.6 Å². The molecule has 110 valence electrons. The first-order valence-electron chi connectivity index (χ1n) is 6.26. The van der Waals surface area contributed by atoms with E-state index < -0.39 is 21.9 Å². The van der Waals surface area contributed by atoms with Crippen LogP contribution in [0.15, 0.2) is 23.1 Å². The number of sulfonamides is 1. The van der Waals surface area contributed by atoms with Crippen LogP contribution in [-0.2, 0) is 10.0 Å². The van der Waals surface area contributed by atoms with E-state index in [9.17, 15) is 17.6 Å². The van der Waals surface area contributed by atoms with E-state index in [1.807, 2.05) is 0 Å². The smallest absolute Gasteiger partial charge is 0.319 e. The summed E-state index contributed by atoms with van der Waals surface area (Å²) in [5, 5.41) is 9.98. The molecule has 0 radical (unpaired) electrons. The number of rotatable bonds is 3. The molecule has 1 fully saturated rings. The van der Waals surface area contributed by atoms with Gasteiger partial charge in [-0.25, -0.2) is 22.7 Å². The highest BCUT2D eigenvalue weighted by molar-refractivity contribution is 7.89. The molecule has 0 bridgehead atoms. The highest BCUT2D eigenvalue weighted by Gasteiger charge is 2.18. The lowest BCUT2D eigenvalue weighted by atomic mass is 10.2. The highest BCUT2D eigenvalue weighted by atomic mass is 32.2. The van der Waals surface area contributed by atoms with Gasteiger partial charge in [-0.3, -0.25) is 0 Å². The molecule has 1 aliphatic rings. The minimum absolute atomic E-state index is 0.0829. The quantitative estimate of drug-likeness (QED) is 0.789. The van der Waals surface area contributed by atoms with Gasteiger partial charge in [-0.1, -0.05) is 12.8 Å². The number of anilines is 1. The van der Waals surface area contributed by atoms with Gasteiger partial charge in [0, 0.05) is 6.04 Å². The van der Waals surface area contributed by atoms with E-state index in [-0.39, 0.29) is 16.6 Å². The molecule has 6 nitrogen and oxygen atoms in total. The Morgan fingerprint density at radius 1 is 1.30 bits per heavy atom. The van der Waals surface area contributed by atoms with Gasteiger partial charge in [0.15, 0.2) is 0 Å². The Kier molecular flexibility index (Phi) is 4.24. The fraction of sp³-hybridized carbons (Fsp3) is 0.417. The van der Waals surface area contributed by atoms with Crippen LogP contribution in [0, 0.1) is 5.82 Å². The summed E-state index contributed by atoms with van der Waals surface area (Å²) >= 11 is 0. The molecule has 0 saturated heterocycles. The van der Waals surface area contributed by atoms with Crippen molar-refractivity contribution in [2.45, 2.75) is 36.6 Å². The van der Waals surface area contributed by atoms with E-state index in [0.29, 0.717) is 0 Å². The molecule has 0 aliphatic heterocycles. The molecular formula is C12H16FN3O3S. The van der Waals surface area contributed by atoms with Crippen molar-refractivity contribution in [2.24, 2.45) is 5.14 Å². The van der Waals surface area contributed by atoms with Gasteiger partial charge in [0.2, 0.25) is 10.0 Å². The number of benzene rings is 1. The summed E-state index contributed by atoms with van der Waals surface area (Å²) in [6, 6.07) is 2.52. The zero-order valence-corrected chi connectivity index (χ0v) is 11.5. The van der Waals surface area contributed by atoms with Crippen LogP contribution < -0.4 is 15.8 Å². The Labute approximate surface area is 116 Å². The zero-order chi connectivity index (χ0) is 14.8. The summed E-state index contributed by atoms with van der Waals surface area (Å²) in [6.45, 7) is 0. The van der Waals surface area contributed by atoms with E-state index in [4.69, 9.17) is 5.14 Å². The van der Waals surface area contributed by atoms with Crippen LogP contribution in [-0.4, -0.2) is 20.5 Å². The van der Waals surface area contributed by atoms with Gasteiger partial charge >= 0.3 is 6.03 Å². The Bertz CT molecular complexity index is 612. The Morgan fingerprint density at radius 3 is 2.55 bits per heavy atom. The number of hydrogen-bond acceptors (Lipinski definition) is 3. The van der Waals surface area contributed by atoms with Crippen molar-refractivity contribution < 1.29 is 17.6 Å². The fourth-order valence-corrected chi connectivity index (χ4v) is 2.73. The molecule has 2 amide bonds. The average molecular weight is 301 g/mol. The molecule has 0 heterocycles. The van der Waals surface area contributed by atoms with Crippen molar-refractivity contribution in [1.82, 2.24) is 5.32 Å². The number of urea groups is 1. The van der Waals surface area contributed by atoms with Crippen molar-refractivity contribution >= 4 is 21.7 Å². The topological polar surface area (TPSA) is 101 Å². The number of nitrogens with one attached hydrogen (secondary N) is 2. The van der Waals surface area contributed by atoms with Crippen molar-refractivity contribution in [3.8, 4) is 0 Å². The van der Waals surface area contributed by atoms with E-state index in [0.717, 1.165) is 43.9 Å². The summed E-state index contributed by atoms with van der Waals surface area (Å²) in [7, 11) is -3.94. The second-order valence-corrected chi connectivity index (χ2v) is 6.33. The highest BCUT2D eigenvalue weighted by Crippen LogP contribution is 2.20. The Balaban J connectivity index is 2.09. The van der Waals surface area contributed by atoms with E-state index >= 15 is 0 Å². The van der Waals surface area contributed by atoms with Crippen LogP contribution in [0.1, 0.15) is 25.7 Å². The van der Waals surface area contributed by atoms with Crippen LogP contribution in [0.25, 0.3) is 0 Å². The molecule has 0 atom stereocenters. The second-order valence-electron chi connectivity index (χ2n) is 4.77. The van der Waals surface area contributed by atoms with Gasteiger partial charge in [0.1, 0.15) is 5.82 Å². The largest absolute Gasteiger partial charge is 0.335 e. The predicted octanol–water partition coefficient (Wildman–Crippen LogP) is 1.54. The summed E-state index contributed by atoms with van der Waals surface area (Å²) in [6.07, 6.45) is 3.90. The number of halogens is 1. The van der Waals surface area contributed by atoms with Crippen molar-refractivity contribution in [1.29, 1.82) is 0 Å². The van der Waals surface area contributed by atoms with Crippen molar-refractivity contribution in [3.63, 3.8) is 0 Å². The number of nitrogens with two attached hydrogens (primary N) is 1. The van der Waals surface area contributed by atoms with Crippen LogP contribution in [0.4, 0.5) is 14.9 Å². The van der Waals surface area contributed by atoms with Gasteiger partial charge in [0.25, 0.3) is 0 Å². The molecule has 1 aromatic carbocycles. The molecule has 4 N–H and O–H groups in total. The molecule has 20 heavy (non-hydrogen) atoms. The molecule has 1 aliphatic carbocycles. The normalized spacial score (nSPS) is 16.1. The van der Waals surface area contributed by atoms with Gasteiger partial charge in [-0.05, 0) is 31.0 Å². The van der Waals surface area contributed by atoms with Gasteiger partial charge in [0.05, 0.1) is 10.6 Å². The molecule has 0 aromatic heterocycles. The third kappa shape index (κ3) is 3.67. The molecule has 1 saturated carbocycles. The predicted molar refractivity (Wildman–Crippen MR) is 72.2 cm³/mol. The maximum Gasteiger partial charge on any atom is 0.319 e. The lowest BCUT2D eigenvalue weighted by Gasteiger charge is -2.13. The maximum absolute atomic E-state index is 13.6. The van der Waals surface area contributed by atoms with Crippen LogP contribution >= 0.6 is 0 Å². The first-order valence-corrected chi connectivity index (χ1v) is 7.81. The third-order valence-electron chi connectivity index (χ3n) is 3.20. The number of amides is 2. The average Bonchev–Trinajstić information content (AvgIpc) is 2.83. The minimum atomic E-state index is -3.94. The molecule has 2 rings (SSSR count). The van der Waals surface area contributed by atoms with Gasteiger partial charge in [-0.15, -0.1) is 0 Å². The summed E-state index contributed by atoms with van der Waals surface area (Å²) in [5.41, 5.74) is -0.216. The molecular weight excluding hydrogens is 285 g/mol. The number of hydrogen-bond donors (Lipinski definition) is 3. The van der Waals surface area contributed by atoms with Gasteiger partial charge in [-0.2, -0.15) is 0 Å². The monoisotopic (exact) mass is 301 g/mol. The maximum atomic E-state index is 13.6. The number of primary sulfonamides is 1. The lowest BCUT2D eigenvalue weighted by molar-refractivity contribution is 0.248. The third-order valence-corrected chi connectivity index (χ3v) is 4.12. The van der Waals surface area contributed by atoms with E-state index in [1.54, 1.807) is 0 Å². The molecule has 8 heteroatoms. The number of carbonyl (C=O) groups is 1. The molecule has 0 unspecified atom stereocenters. The second kappa shape index (κ2) is 5.76. The summed E-state index contributed by atoms with van der Waals surface area (Å²) in [5.74, 6) is -0.723. The van der Waals surface area contributed by atoms with Crippen molar-refractivity contribution in [2.75, 3.05) is 5.32 Å². The standard InChI is InChI=1S/C12H16FN3O3S/c13-10-6-5-9(20(14,18)19)7-11(10)16-12(17)15-8-3-1-2-4-8/h5-8H,1-4H2,(H2,14,18,19)(H2,15,16,17). The fourth-order valence-electron chi connectivity index (χ4n) is 2.19. The van der Waals surface area contributed by atoms with Crippen molar-refractivity contribution in [3.05, 3.63) is 24.0 Å². The Morgan fingerprint density at radius 2 is 1.95 bits per heavy atom. The Hall–Kier alpha value is -1.67.